The smallest absolute Gasteiger partial charge is 0.305 e. The summed E-state index contributed by atoms with van der Waals surface area (Å²) in [5.41, 5.74) is 0. The van der Waals surface area contributed by atoms with Crippen molar-refractivity contribution in [2.45, 2.75) is 220 Å². The number of hydrogen-bond acceptors (Lipinski definition) is 8. The summed E-state index contributed by atoms with van der Waals surface area (Å²) < 4.78 is 16.7. The van der Waals surface area contributed by atoms with E-state index in [1.807, 2.05) is 0 Å². The van der Waals surface area contributed by atoms with Crippen LogP contribution < -0.4 is 0 Å². The second-order valence-corrected chi connectivity index (χ2v) is 17.2. The van der Waals surface area contributed by atoms with Crippen molar-refractivity contribution in [3.05, 3.63) is 36.5 Å². The normalized spacial score (nSPS) is 12.0. The number of aliphatic hydroxyl groups excluding tert-OH is 1. The second kappa shape index (κ2) is 50.6. The van der Waals surface area contributed by atoms with Crippen molar-refractivity contribution in [2.75, 3.05) is 72.3 Å². The molecular formula is C53H100N2O6. The Morgan fingerprint density at radius 3 is 1.23 bits per heavy atom. The maximum Gasteiger partial charge on any atom is 0.305 e. The lowest BCUT2D eigenvalue weighted by atomic mass is 10.1. The van der Waals surface area contributed by atoms with Gasteiger partial charge in [0.15, 0.2) is 0 Å². The molecule has 358 valence electrons. The van der Waals surface area contributed by atoms with Crippen LogP contribution in [-0.4, -0.2) is 99.1 Å². The topological polar surface area (TPSA) is 88.5 Å². The second-order valence-electron chi connectivity index (χ2n) is 17.2. The van der Waals surface area contributed by atoms with Gasteiger partial charge in [0.25, 0.3) is 0 Å². The lowest BCUT2D eigenvalue weighted by Crippen LogP contribution is -2.30. The largest absolute Gasteiger partial charge is 0.465 e. The van der Waals surface area contributed by atoms with E-state index in [-0.39, 0.29) is 18.5 Å². The Bertz CT molecular complexity index is 977. The van der Waals surface area contributed by atoms with E-state index in [9.17, 15) is 14.7 Å². The Labute approximate surface area is 378 Å². The average Bonchev–Trinajstić information content (AvgIpc) is 3.26. The molecular weight excluding hydrogens is 761 g/mol. The van der Waals surface area contributed by atoms with Crippen molar-refractivity contribution in [3.8, 4) is 0 Å². The Hall–Kier alpha value is -2.00. The molecule has 0 aromatic heterocycles. The average molecular weight is 861 g/mol. The number of carbonyl (C=O) groups excluding carboxylic acids is 2. The minimum absolute atomic E-state index is 0.0534. The number of ether oxygens (including phenoxy) is 3. The first-order chi connectivity index (χ1) is 30.1. The molecule has 0 saturated heterocycles. The Morgan fingerprint density at radius 1 is 0.377 bits per heavy atom. The molecule has 61 heavy (non-hydrogen) atoms. The van der Waals surface area contributed by atoms with E-state index in [0.29, 0.717) is 39.3 Å². The molecule has 0 saturated carbocycles. The lowest BCUT2D eigenvalue weighted by molar-refractivity contribution is -0.145. The van der Waals surface area contributed by atoms with Gasteiger partial charge in [-0.25, -0.2) is 0 Å². The Balaban J connectivity index is 3.83. The zero-order valence-electron chi connectivity index (χ0n) is 40.5. The lowest BCUT2D eigenvalue weighted by Gasteiger charge is -2.21. The van der Waals surface area contributed by atoms with Gasteiger partial charge in [0.2, 0.25) is 0 Å². The number of unbranched alkanes of at least 4 members (excludes halogenated alkanes) is 21. The third-order valence-electron chi connectivity index (χ3n) is 11.4. The van der Waals surface area contributed by atoms with Crippen LogP contribution in [0.25, 0.3) is 0 Å². The summed E-state index contributed by atoms with van der Waals surface area (Å²) in [5, 5.41) is 9.55. The number of carbonyl (C=O) groups is 2. The molecule has 0 aliphatic rings. The molecule has 0 aromatic carbocycles. The van der Waals surface area contributed by atoms with Gasteiger partial charge in [-0.2, -0.15) is 0 Å². The summed E-state index contributed by atoms with van der Waals surface area (Å²) in [6, 6.07) is 0. The van der Waals surface area contributed by atoms with Gasteiger partial charge >= 0.3 is 11.9 Å². The summed E-state index contributed by atoms with van der Waals surface area (Å²) in [4.78, 5) is 29.1. The van der Waals surface area contributed by atoms with Gasteiger partial charge in [-0.1, -0.05) is 160 Å². The molecule has 0 aliphatic carbocycles. The van der Waals surface area contributed by atoms with Gasteiger partial charge in [-0.3, -0.25) is 9.59 Å². The van der Waals surface area contributed by atoms with Gasteiger partial charge in [-0.15, -0.1) is 0 Å². The highest BCUT2D eigenvalue weighted by atomic mass is 16.6. The fourth-order valence-corrected chi connectivity index (χ4v) is 7.44. The molecule has 0 spiro atoms. The highest BCUT2D eigenvalue weighted by Gasteiger charge is 2.07. The van der Waals surface area contributed by atoms with Crippen LogP contribution in [0.15, 0.2) is 36.5 Å². The van der Waals surface area contributed by atoms with Crippen LogP contribution in [0.5, 0.6) is 0 Å². The molecule has 0 aromatic rings. The summed E-state index contributed by atoms with van der Waals surface area (Å²) >= 11 is 0. The van der Waals surface area contributed by atoms with E-state index >= 15 is 0 Å². The molecule has 0 aliphatic heterocycles. The molecule has 0 amide bonds. The Kier molecular flexibility index (Phi) is 49.0. The standard InChI is InChI=1S/C53H100N2O6/c1-4-7-10-13-20-27-36-43-55(44-37-28-21-14-11-8-5-2)46-49-59-50-51-61-53(58)40-33-26-19-17-23-30-35-42-54(45-47-56)41-34-29-22-16-18-25-32-39-52(57)60-48-38-31-24-15-12-9-6-3/h20-21,24,27-28,31,56H,4-19,22-23,25-26,29-30,32-51H2,1-3H3/b27-20-,28-21-,31-24-. The predicted molar refractivity (Wildman–Crippen MR) is 260 cm³/mol. The van der Waals surface area contributed by atoms with Crippen molar-refractivity contribution in [3.63, 3.8) is 0 Å². The maximum atomic E-state index is 12.2. The van der Waals surface area contributed by atoms with Crippen LogP contribution >= 0.6 is 0 Å². The van der Waals surface area contributed by atoms with E-state index < -0.39 is 0 Å². The van der Waals surface area contributed by atoms with Crippen molar-refractivity contribution in [1.82, 2.24) is 9.80 Å². The maximum absolute atomic E-state index is 12.2. The zero-order valence-corrected chi connectivity index (χ0v) is 40.5. The van der Waals surface area contributed by atoms with E-state index in [1.54, 1.807) is 0 Å². The van der Waals surface area contributed by atoms with Crippen LogP contribution in [-0.2, 0) is 23.8 Å². The van der Waals surface area contributed by atoms with Crippen molar-refractivity contribution in [1.29, 1.82) is 0 Å². The quantitative estimate of drug-likeness (QED) is 0.0368. The molecule has 0 radical (unpaired) electrons. The minimum Gasteiger partial charge on any atom is -0.465 e. The first kappa shape index (κ1) is 59.0. The van der Waals surface area contributed by atoms with Crippen LogP contribution in [0.2, 0.25) is 0 Å². The predicted octanol–water partition coefficient (Wildman–Crippen LogP) is 13.5. The van der Waals surface area contributed by atoms with Crippen LogP contribution in [0.3, 0.4) is 0 Å². The van der Waals surface area contributed by atoms with Crippen LogP contribution in [0.4, 0.5) is 0 Å². The van der Waals surface area contributed by atoms with Gasteiger partial charge in [0, 0.05) is 39.0 Å². The number of allylic oxidation sites excluding steroid dienone is 3. The van der Waals surface area contributed by atoms with E-state index in [4.69, 9.17) is 14.2 Å². The summed E-state index contributed by atoms with van der Waals surface area (Å²) in [6.45, 7) is 14.8. The molecule has 0 heterocycles. The number of nitrogens with zero attached hydrogens (tertiary/aromatic N) is 2. The molecule has 0 fully saturated rings. The number of esters is 2. The molecule has 0 atom stereocenters. The first-order valence-electron chi connectivity index (χ1n) is 26.0. The zero-order chi connectivity index (χ0) is 44.4. The summed E-state index contributed by atoms with van der Waals surface area (Å²) in [5.74, 6) is -0.158. The van der Waals surface area contributed by atoms with E-state index in [0.717, 1.165) is 97.1 Å². The molecule has 0 rings (SSSR count). The third kappa shape index (κ3) is 47.3. The fourth-order valence-electron chi connectivity index (χ4n) is 7.44. The molecule has 0 bridgehead atoms. The monoisotopic (exact) mass is 861 g/mol. The van der Waals surface area contributed by atoms with E-state index in [2.05, 4.69) is 67.0 Å². The molecule has 8 nitrogen and oxygen atoms in total. The highest BCUT2D eigenvalue weighted by Crippen LogP contribution is 2.13. The number of aliphatic hydroxyl groups is 1. The van der Waals surface area contributed by atoms with Gasteiger partial charge in [0.1, 0.15) is 6.61 Å². The van der Waals surface area contributed by atoms with Crippen LogP contribution in [0, 0.1) is 0 Å². The fraction of sp³-hybridized carbons (Fsp3) is 0.849. The van der Waals surface area contributed by atoms with Gasteiger partial charge in [0.05, 0.1) is 26.4 Å². The molecule has 8 heteroatoms. The molecule has 1 N–H and O–H groups in total. The van der Waals surface area contributed by atoms with E-state index in [1.165, 1.54) is 128 Å². The molecule has 0 unspecified atom stereocenters. The number of rotatable bonds is 49. The third-order valence-corrected chi connectivity index (χ3v) is 11.4. The van der Waals surface area contributed by atoms with Gasteiger partial charge < -0.3 is 29.1 Å². The summed E-state index contributed by atoms with van der Waals surface area (Å²) in [7, 11) is 0. The highest BCUT2D eigenvalue weighted by molar-refractivity contribution is 5.69. The van der Waals surface area contributed by atoms with Gasteiger partial charge in [-0.05, 0) is 96.6 Å². The SMILES string of the molecule is CCCCC/C=C\CCOC(=O)CCCCCCCCCN(CCO)CCCCCCCCCC(=O)OCCOCCN(CC/C=C\CCCCC)CC/C=C\CCCCC. The van der Waals surface area contributed by atoms with Crippen molar-refractivity contribution >= 4 is 11.9 Å². The van der Waals surface area contributed by atoms with Crippen molar-refractivity contribution < 1.29 is 28.9 Å². The van der Waals surface area contributed by atoms with Crippen LogP contribution in [0.1, 0.15) is 220 Å². The first-order valence-corrected chi connectivity index (χ1v) is 26.0. The number of hydrogen-bond donors (Lipinski definition) is 1. The Morgan fingerprint density at radius 2 is 0.770 bits per heavy atom. The summed E-state index contributed by atoms with van der Waals surface area (Å²) in [6.07, 6.45) is 48.8. The van der Waals surface area contributed by atoms with Crippen molar-refractivity contribution in [2.24, 2.45) is 0 Å². The minimum atomic E-state index is -0.105.